The molecule has 34 heteroatoms. The third-order valence-corrected chi connectivity index (χ3v) is 15.6. The van der Waals surface area contributed by atoms with Gasteiger partial charge in [0.2, 0.25) is 18.9 Å². The van der Waals surface area contributed by atoms with Crippen molar-refractivity contribution < 1.29 is 119 Å². The second-order valence-electron chi connectivity index (χ2n) is 31.4. The van der Waals surface area contributed by atoms with Gasteiger partial charge in [-0.25, -0.2) is 4.79 Å². The molecule has 16 radical (unpaired) electrons. The first-order valence-corrected chi connectivity index (χ1v) is 44.5. The minimum atomic E-state index is -1.30. The lowest BCUT2D eigenvalue weighted by Gasteiger charge is -2.23. The van der Waals surface area contributed by atoms with Crippen LogP contribution in [0, 0.1) is 22.7 Å². The van der Waals surface area contributed by atoms with Gasteiger partial charge >= 0.3 is 53.6 Å². The van der Waals surface area contributed by atoms with Crippen LogP contribution in [0.5, 0.6) is 0 Å². The molecule has 135 heavy (non-hydrogen) atoms. The van der Waals surface area contributed by atoms with Gasteiger partial charge in [-0.1, -0.05) is 279 Å². The predicted molar refractivity (Wildman–Crippen MR) is 533 cm³/mol. The number of allylic oxidation sites excluding steroid dienone is 2. The Morgan fingerprint density at radius 3 is 0.993 bits per heavy atom. The normalized spacial score (nSPS) is 11.1. The summed E-state index contributed by atoms with van der Waals surface area (Å²) in [6, 6.07) is 48.1. The van der Waals surface area contributed by atoms with Crippen LogP contribution in [0.25, 0.3) is 0 Å². The van der Waals surface area contributed by atoms with Crippen molar-refractivity contribution in [2.45, 2.75) is 305 Å². The molecule has 2 heterocycles. The van der Waals surface area contributed by atoms with Crippen molar-refractivity contribution in [2.24, 2.45) is 22.7 Å². The summed E-state index contributed by atoms with van der Waals surface area (Å²) < 4.78 is 58.4. The van der Waals surface area contributed by atoms with E-state index in [1.165, 1.54) is 102 Å². The molecule has 0 spiro atoms. The molecule has 0 bridgehead atoms. The van der Waals surface area contributed by atoms with E-state index in [-0.39, 0.29) is 61.3 Å². The molecule has 1 aliphatic heterocycles. The van der Waals surface area contributed by atoms with Gasteiger partial charge in [0.1, 0.15) is 40.5 Å². The molecule has 0 saturated carbocycles. The highest BCUT2D eigenvalue weighted by Gasteiger charge is 2.39. The predicted octanol–water partition coefficient (Wildman–Crippen LogP) is 18.1. The van der Waals surface area contributed by atoms with Crippen LogP contribution < -0.4 is 5.82 Å². The largest absolute Gasteiger partial charge is 0.519 e. The smallest absolute Gasteiger partial charge is 0.458 e. The molecule has 0 amide bonds. The second kappa shape index (κ2) is 81.2. The van der Waals surface area contributed by atoms with Gasteiger partial charge in [0.25, 0.3) is 5.95 Å². The Kier molecular flexibility index (Phi) is 80.9. The van der Waals surface area contributed by atoms with E-state index in [0.29, 0.717) is 74.2 Å². The number of carbonyl (C=O) groups is 13. The first kappa shape index (κ1) is 135. The maximum atomic E-state index is 12.3. The third-order valence-electron chi connectivity index (χ3n) is 15.6. The van der Waals surface area contributed by atoms with Crippen molar-refractivity contribution in [1.29, 1.82) is 0 Å². The molecule has 0 fully saturated rings. The summed E-state index contributed by atoms with van der Waals surface area (Å²) in [7, 11) is 40.1. The lowest BCUT2D eigenvalue weighted by atomic mass is 9.73. The molecule has 0 aliphatic carbocycles. The highest BCUT2D eigenvalue weighted by Crippen LogP contribution is 2.29. The van der Waals surface area contributed by atoms with Gasteiger partial charge in [-0.3, -0.25) is 62.3 Å². The van der Waals surface area contributed by atoms with Gasteiger partial charge in [0, 0.05) is 112 Å². The van der Waals surface area contributed by atoms with Gasteiger partial charge in [-0.15, -0.1) is 0 Å². The lowest BCUT2D eigenvalue weighted by Crippen LogP contribution is -2.38. The Labute approximate surface area is 813 Å². The number of Topliss-reactive ketones (excluding diaryl/α,β-unsaturated/α-hetero) is 5. The van der Waals surface area contributed by atoms with E-state index in [0.717, 1.165) is 78.2 Å². The van der Waals surface area contributed by atoms with E-state index < -0.39 is 88.6 Å². The van der Waals surface area contributed by atoms with Crippen LogP contribution in [0.3, 0.4) is 0 Å². The average Bonchev–Trinajstić information content (AvgIpc) is 1.56. The molecule has 1 aliphatic rings. The van der Waals surface area contributed by atoms with E-state index in [1.54, 1.807) is 0 Å². The van der Waals surface area contributed by atoms with E-state index in [4.69, 9.17) is 105 Å². The summed E-state index contributed by atoms with van der Waals surface area (Å²) in [6.45, 7) is 42.6. The molecule has 26 nitrogen and oxygen atoms in total. The number of hydrogen-bond acceptors (Lipinski definition) is 26. The van der Waals surface area contributed by atoms with Crippen molar-refractivity contribution in [1.82, 2.24) is 0 Å². The summed E-state index contributed by atoms with van der Waals surface area (Å²) in [5, 5.41) is -1.07. The highest BCUT2D eigenvalue weighted by molar-refractivity contribution is 6.26. The zero-order valence-electron chi connectivity index (χ0n) is 84.2. The summed E-state index contributed by atoms with van der Waals surface area (Å²) in [5.41, 5.74) is 2.50. The van der Waals surface area contributed by atoms with Crippen LogP contribution in [-0.2, 0) is 148 Å². The minimum Gasteiger partial charge on any atom is -0.458 e. The molecule has 1 aromatic heterocycles. The monoisotopic (exact) mass is 1860 g/mol. The van der Waals surface area contributed by atoms with Gasteiger partial charge < -0.3 is 56.2 Å². The fourth-order valence-electron chi connectivity index (χ4n) is 9.60. The number of hydrogen-bond donors (Lipinski definition) is 0. The molecule has 0 saturated heterocycles. The van der Waals surface area contributed by atoms with E-state index in [2.05, 4.69) is 46.8 Å². The van der Waals surface area contributed by atoms with Crippen LogP contribution in [0.4, 0.5) is 0 Å². The van der Waals surface area contributed by atoms with Crippen LogP contribution in [-0.4, -0.2) is 165 Å². The lowest BCUT2D eigenvalue weighted by molar-refractivity contribution is -0.192. The van der Waals surface area contributed by atoms with Crippen LogP contribution >= 0.6 is 0 Å². The second-order valence-corrected chi connectivity index (χ2v) is 31.4. The molecule has 6 aromatic rings. The van der Waals surface area contributed by atoms with E-state index in [9.17, 15) is 67.1 Å². The van der Waals surface area contributed by atoms with Crippen LogP contribution in [0.2, 0.25) is 49.6 Å². The number of ketones is 5. The highest BCUT2D eigenvalue weighted by atomic mass is 16.7. The van der Waals surface area contributed by atoms with Crippen molar-refractivity contribution in [3.8, 4) is 0 Å². The zero-order chi connectivity index (χ0) is 105. The fourth-order valence-corrected chi connectivity index (χ4v) is 9.60. The molecular weight excluding hydrogens is 1720 g/mol. The standard InChI is InChI=1S/C16H20O5.C13H12O5.C13H14O2.C12H16O.C11H17BO5.C11H12O3.C8H13BO4.C7H13BO.5C2H5B/c1-11(17)20-12(2)21-15(19)16(3,4)14(18)10-13-8-6-5-7-9-13;1-9(14)16-8-12-11(17-13(15)18-12)7-10-5-3-2-4-6-10;1-3-12-13(15-10(2)14-12)9-11-7-5-4-6-8-11;1-10(2)8-12(13)9-11-6-4-3-5-7-11;1-7(13)16-8(2)17-10(15)11(3,4)9(14)5-6-12;1-9(12)14-8-11(13)7-10-5-3-2-4-6-10;1-5(10)12-6(2)13-7(11)8(3,4)9;1-6(2)5-7(9)3-4-8;5*1-2-3/h5-9,12H,10H2,1-4H3;2-6H,7-8H2,1H3;4-8H,2-3,9H2,1H3;3-7,10H,8-9H2,1-2H3;8H,5-6H2,1-4H3;2-6H,7-8H2,1H3;6H,1-4H3;6H,3-5H2,1-2H3;5*2H2,1H3. The molecule has 3 atom stereocenters. The molecule has 5 aromatic carbocycles. The van der Waals surface area contributed by atoms with Gasteiger partial charge in [-0.05, 0) is 86.8 Å². The van der Waals surface area contributed by atoms with Gasteiger partial charge in [0.15, 0.2) is 35.5 Å². The van der Waals surface area contributed by atoms with Crippen molar-refractivity contribution in [3.63, 3.8) is 0 Å². The number of rotatable bonds is 34. The van der Waals surface area contributed by atoms with Crippen LogP contribution in [0.1, 0.15) is 238 Å². The summed E-state index contributed by atoms with van der Waals surface area (Å²) in [5.74, 6) is -1.62. The van der Waals surface area contributed by atoms with Crippen LogP contribution in [0.15, 0.2) is 189 Å². The van der Waals surface area contributed by atoms with Gasteiger partial charge in [0.05, 0.1) is 62.8 Å². The van der Waals surface area contributed by atoms with E-state index >= 15 is 0 Å². The number of carbonyl (C=O) groups excluding carboxylic acids is 13. The first-order valence-electron chi connectivity index (χ1n) is 44.5. The number of ether oxygens (including phenoxy) is 10. The molecule has 726 valence electrons. The number of benzene rings is 5. The topological polar surface area (TPSA) is 358 Å². The number of esters is 8. The maximum Gasteiger partial charge on any atom is 0.519 e. The summed E-state index contributed by atoms with van der Waals surface area (Å²) in [4.78, 5) is 156. The Morgan fingerprint density at radius 1 is 0.363 bits per heavy atom. The first-order chi connectivity index (χ1) is 63.2. The Bertz CT molecular complexity index is 4370. The Morgan fingerprint density at radius 2 is 0.667 bits per heavy atom. The Hall–Kier alpha value is -11.2. The quantitative estimate of drug-likeness (QED) is 0.0119. The van der Waals surface area contributed by atoms with Crippen molar-refractivity contribution in [3.05, 3.63) is 226 Å². The summed E-state index contributed by atoms with van der Waals surface area (Å²) in [6.07, 6.45) is 6.57. The molecular formula is C101H142B8O26. The van der Waals surface area contributed by atoms with E-state index in [1.807, 2.05) is 195 Å². The van der Waals surface area contributed by atoms with Crippen molar-refractivity contribution >= 4 is 139 Å². The average molecular weight is 1860 g/mol. The third kappa shape index (κ3) is 76.8. The zero-order valence-corrected chi connectivity index (χ0v) is 84.2. The minimum absolute atomic E-state index is 0.0913. The SMILES string of the molecule is C=C1OC(CC)=C(Cc2ccccc2)O1.CC(=O)OC(C)OC(=O)C(C)(C)C(=O)Cc1ccccc1.CC(=O)OCC(=O)Cc1ccccc1.CC(=O)OCc1oc(=O)oc1Cc1ccccc1.CC(C)CC(=O)Cc1ccccc1.[B]C(C)(C)C(=O)OC(C)OC(C)=O.[B]CC.[B]CC.[B]CC.[B]CC.[B]CC.[B]CCC(=O)C(C)(C)C(=O)OC(C)OC(C)=O.[B]CCC(=O)CC(C)C. The van der Waals surface area contributed by atoms with Gasteiger partial charge in [-0.2, -0.15) is 0 Å². The Balaban J connectivity index is -0.000000347. The molecule has 7 rings (SSSR count). The molecule has 0 N–H and O–H groups in total. The maximum absolute atomic E-state index is 12.3. The summed E-state index contributed by atoms with van der Waals surface area (Å²) >= 11 is 0. The molecule has 3 unspecified atom stereocenters. The fraction of sp³-hybridized carbons (Fsp3) is 0.505. The van der Waals surface area contributed by atoms with Crippen molar-refractivity contribution in [2.75, 3.05) is 6.61 Å².